The van der Waals surface area contributed by atoms with E-state index >= 15 is 0 Å². The van der Waals surface area contributed by atoms with Gasteiger partial charge in [0.15, 0.2) is 0 Å². The van der Waals surface area contributed by atoms with Gasteiger partial charge in [-0.15, -0.1) is 11.8 Å². The van der Waals surface area contributed by atoms with Crippen molar-refractivity contribution in [1.29, 1.82) is 0 Å². The van der Waals surface area contributed by atoms with Gasteiger partial charge in [0.1, 0.15) is 0 Å². The first kappa shape index (κ1) is 11.3. The molecule has 3 heteroatoms. The lowest BCUT2D eigenvalue weighted by Gasteiger charge is -2.26. The van der Waals surface area contributed by atoms with Gasteiger partial charge in [0.2, 0.25) is 0 Å². The van der Waals surface area contributed by atoms with E-state index in [0.717, 1.165) is 11.6 Å². The Balaban J connectivity index is 2.31. The Kier molecular flexibility index (Phi) is 3.95. The second-order valence-corrected chi connectivity index (χ2v) is 5.11. The SMILES string of the molecule is CSc1cccc(Cl)c1C1CCCCN1. The summed E-state index contributed by atoms with van der Waals surface area (Å²) in [5, 5.41) is 4.46. The number of halogens is 1. The van der Waals surface area contributed by atoms with Crippen LogP contribution in [0.3, 0.4) is 0 Å². The Bertz CT molecular complexity index is 334. The van der Waals surface area contributed by atoms with Crippen LogP contribution >= 0.6 is 23.4 Å². The number of benzene rings is 1. The van der Waals surface area contributed by atoms with Crippen LogP contribution in [0.5, 0.6) is 0 Å². The molecule has 0 spiro atoms. The third-order valence-electron chi connectivity index (χ3n) is 2.89. The highest BCUT2D eigenvalue weighted by molar-refractivity contribution is 7.98. The molecule has 1 aliphatic heterocycles. The highest BCUT2D eigenvalue weighted by Gasteiger charge is 2.19. The first-order valence-corrected chi connectivity index (χ1v) is 6.99. The van der Waals surface area contributed by atoms with Gasteiger partial charge in [0.05, 0.1) is 0 Å². The van der Waals surface area contributed by atoms with E-state index < -0.39 is 0 Å². The van der Waals surface area contributed by atoms with Gasteiger partial charge in [-0.1, -0.05) is 24.1 Å². The molecule has 15 heavy (non-hydrogen) atoms. The molecule has 0 aliphatic carbocycles. The molecule has 1 aromatic carbocycles. The number of nitrogens with one attached hydrogen (secondary N) is 1. The van der Waals surface area contributed by atoms with E-state index in [0.29, 0.717) is 6.04 Å². The van der Waals surface area contributed by atoms with Crippen molar-refractivity contribution < 1.29 is 0 Å². The topological polar surface area (TPSA) is 12.0 Å². The highest BCUT2D eigenvalue weighted by Crippen LogP contribution is 2.35. The number of hydrogen-bond acceptors (Lipinski definition) is 2. The van der Waals surface area contributed by atoms with Crippen LogP contribution in [0.1, 0.15) is 30.9 Å². The van der Waals surface area contributed by atoms with Crippen molar-refractivity contribution in [1.82, 2.24) is 5.32 Å². The maximum absolute atomic E-state index is 6.29. The molecule has 1 aromatic rings. The molecule has 1 saturated heterocycles. The molecule has 1 atom stereocenters. The fourth-order valence-electron chi connectivity index (χ4n) is 2.13. The molecule has 0 radical (unpaired) electrons. The van der Waals surface area contributed by atoms with Crippen LogP contribution in [0.25, 0.3) is 0 Å². The molecule has 0 amide bonds. The summed E-state index contributed by atoms with van der Waals surface area (Å²) in [7, 11) is 0. The van der Waals surface area contributed by atoms with E-state index in [4.69, 9.17) is 11.6 Å². The van der Waals surface area contributed by atoms with Gasteiger partial charge >= 0.3 is 0 Å². The van der Waals surface area contributed by atoms with Crippen molar-refractivity contribution in [3.05, 3.63) is 28.8 Å². The molecule has 1 aliphatic rings. The summed E-state index contributed by atoms with van der Waals surface area (Å²) in [6.45, 7) is 1.11. The first-order valence-electron chi connectivity index (χ1n) is 5.38. The number of thioether (sulfide) groups is 1. The quantitative estimate of drug-likeness (QED) is 0.789. The summed E-state index contributed by atoms with van der Waals surface area (Å²) in [5.41, 5.74) is 1.30. The molecule has 1 unspecified atom stereocenters. The van der Waals surface area contributed by atoms with Gasteiger partial charge in [-0.3, -0.25) is 0 Å². The lowest BCUT2D eigenvalue weighted by Crippen LogP contribution is -2.27. The largest absolute Gasteiger partial charge is 0.310 e. The monoisotopic (exact) mass is 241 g/mol. The average Bonchev–Trinajstić information content (AvgIpc) is 2.29. The van der Waals surface area contributed by atoms with E-state index in [9.17, 15) is 0 Å². The third kappa shape index (κ3) is 2.49. The summed E-state index contributed by atoms with van der Waals surface area (Å²) in [5.74, 6) is 0. The van der Waals surface area contributed by atoms with Crippen molar-refractivity contribution in [3.63, 3.8) is 0 Å². The first-order chi connectivity index (χ1) is 7.33. The molecule has 82 valence electrons. The molecule has 2 rings (SSSR count). The molecular weight excluding hydrogens is 226 g/mol. The molecule has 1 heterocycles. The van der Waals surface area contributed by atoms with Gasteiger partial charge in [-0.05, 0) is 37.8 Å². The average molecular weight is 242 g/mol. The van der Waals surface area contributed by atoms with Crippen molar-refractivity contribution in [2.75, 3.05) is 12.8 Å². The number of rotatable bonds is 2. The van der Waals surface area contributed by atoms with Crippen LogP contribution < -0.4 is 5.32 Å². The van der Waals surface area contributed by atoms with E-state index in [-0.39, 0.29) is 0 Å². The highest BCUT2D eigenvalue weighted by atomic mass is 35.5. The van der Waals surface area contributed by atoms with Crippen LogP contribution in [0, 0.1) is 0 Å². The van der Waals surface area contributed by atoms with Gasteiger partial charge in [-0.2, -0.15) is 0 Å². The lowest BCUT2D eigenvalue weighted by atomic mass is 9.97. The Morgan fingerprint density at radius 1 is 1.40 bits per heavy atom. The van der Waals surface area contributed by atoms with Gasteiger partial charge in [0.25, 0.3) is 0 Å². The second kappa shape index (κ2) is 5.24. The number of piperidine rings is 1. The molecule has 0 bridgehead atoms. The predicted molar refractivity (Wildman–Crippen MR) is 67.8 cm³/mol. The summed E-state index contributed by atoms with van der Waals surface area (Å²) in [6, 6.07) is 6.63. The smallest absolute Gasteiger partial charge is 0.0465 e. The van der Waals surface area contributed by atoms with Crippen LogP contribution in [0.2, 0.25) is 5.02 Å². The molecule has 1 fully saturated rings. The zero-order valence-electron chi connectivity index (χ0n) is 8.92. The number of hydrogen-bond donors (Lipinski definition) is 1. The summed E-state index contributed by atoms with van der Waals surface area (Å²) < 4.78 is 0. The standard InChI is InChI=1S/C12H16ClNS/c1-15-11-7-4-5-9(13)12(11)10-6-2-3-8-14-10/h4-5,7,10,14H,2-3,6,8H2,1H3. The summed E-state index contributed by atoms with van der Waals surface area (Å²) in [6.07, 6.45) is 5.90. The van der Waals surface area contributed by atoms with Crippen LogP contribution in [-0.2, 0) is 0 Å². The Morgan fingerprint density at radius 2 is 2.27 bits per heavy atom. The minimum absolute atomic E-state index is 0.454. The third-order valence-corrected chi connectivity index (χ3v) is 4.02. The molecule has 1 nitrogen and oxygen atoms in total. The van der Waals surface area contributed by atoms with Crippen molar-refractivity contribution in [2.24, 2.45) is 0 Å². The van der Waals surface area contributed by atoms with Gasteiger partial charge in [-0.25, -0.2) is 0 Å². The fraction of sp³-hybridized carbons (Fsp3) is 0.500. The predicted octanol–water partition coefficient (Wildman–Crippen LogP) is 3.88. The second-order valence-electron chi connectivity index (χ2n) is 3.86. The van der Waals surface area contributed by atoms with Crippen molar-refractivity contribution in [2.45, 2.75) is 30.2 Å². The minimum atomic E-state index is 0.454. The maximum atomic E-state index is 6.29. The van der Waals surface area contributed by atoms with Crippen molar-refractivity contribution >= 4 is 23.4 Å². The zero-order valence-corrected chi connectivity index (χ0v) is 10.5. The fourth-order valence-corrected chi connectivity index (χ4v) is 3.18. The summed E-state index contributed by atoms with van der Waals surface area (Å²) in [4.78, 5) is 1.31. The Labute approximate surface area is 101 Å². The van der Waals surface area contributed by atoms with Crippen molar-refractivity contribution in [3.8, 4) is 0 Å². The van der Waals surface area contributed by atoms with E-state index in [2.05, 4.69) is 17.6 Å². The molecule has 1 N–H and O–H groups in total. The Hall–Kier alpha value is -0.180. The van der Waals surface area contributed by atoms with Crippen LogP contribution in [0.4, 0.5) is 0 Å². The summed E-state index contributed by atoms with van der Waals surface area (Å²) >= 11 is 8.07. The molecule has 0 saturated carbocycles. The van der Waals surface area contributed by atoms with E-state index in [1.807, 2.05) is 12.1 Å². The minimum Gasteiger partial charge on any atom is -0.310 e. The zero-order chi connectivity index (χ0) is 10.7. The van der Waals surface area contributed by atoms with Crippen LogP contribution in [0.15, 0.2) is 23.1 Å². The Morgan fingerprint density at radius 3 is 2.93 bits per heavy atom. The normalized spacial score (nSPS) is 21.6. The molecular formula is C12H16ClNS. The van der Waals surface area contributed by atoms with Crippen LogP contribution in [-0.4, -0.2) is 12.8 Å². The van der Waals surface area contributed by atoms with Gasteiger partial charge < -0.3 is 5.32 Å². The van der Waals surface area contributed by atoms with Gasteiger partial charge in [0, 0.05) is 21.5 Å². The van der Waals surface area contributed by atoms with E-state index in [1.165, 1.54) is 29.7 Å². The maximum Gasteiger partial charge on any atom is 0.0465 e. The lowest BCUT2D eigenvalue weighted by molar-refractivity contribution is 0.408. The molecule has 0 aromatic heterocycles. The van der Waals surface area contributed by atoms with E-state index in [1.54, 1.807) is 11.8 Å².